The maximum Gasteiger partial charge on any atom is 0.410 e. The number of aliphatic hydroxyl groups is 1. The lowest BCUT2D eigenvalue weighted by Gasteiger charge is -2.39. The van der Waals surface area contributed by atoms with Crippen LogP contribution in [0, 0.1) is 5.92 Å². The number of carbonyl (C=O) groups excluding carboxylic acids is 3. The van der Waals surface area contributed by atoms with Gasteiger partial charge >= 0.3 is 6.09 Å². The van der Waals surface area contributed by atoms with Gasteiger partial charge in [-0.25, -0.2) is 4.79 Å². The van der Waals surface area contributed by atoms with Gasteiger partial charge in [0.05, 0.1) is 5.60 Å². The highest BCUT2D eigenvalue weighted by atomic mass is 79.9. The number of amides is 3. The molecule has 0 aliphatic carbocycles. The van der Waals surface area contributed by atoms with E-state index in [1.807, 2.05) is 75.4 Å². The predicted octanol–water partition coefficient (Wildman–Crippen LogP) is 5.06. The van der Waals surface area contributed by atoms with Crippen LogP contribution in [-0.2, 0) is 19.9 Å². The fourth-order valence-electron chi connectivity index (χ4n) is 5.05. The minimum Gasteiger partial charge on any atom is -0.444 e. The van der Waals surface area contributed by atoms with Gasteiger partial charge in [0, 0.05) is 36.6 Å². The molecule has 2 aromatic rings. The lowest BCUT2D eigenvalue weighted by Crippen LogP contribution is -2.48. The van der Waals surface area contributed by atoms with Gasteiger partial charge in [-0.1, -0.05) is 58.4 Å². The van der Waals surface area contributed by atoms with Gasteiger partial charge in [0.15, 0.2) is 0 Å². The number of carbonyl (C=O) groups is 3. The first-order valence-corrected chi connectivity index (χ1v) is 14.6. The number of likely N-dealkylation sites (tertiary alicyclic amines) is 2. The molecule has 0 radical (unpaired) electrons. The van der Waals surface area contributed by atoms with Gasteiger partial charge in [-0.05, 0) is 75.8 Å². The molecule has 0 unspecified atom stereocenters. The third-order valence-corrected chi connectivity index (χ3v) is 7.90. The lowest BCUT2D eigenvalue weighted by atomic mass is 9.84. The zero-order chi connectivity index (χ0) is 28.9. The number of piperidine rings is 2. The van der Waals surface area contributed by atoms with Crippen molar-refractivity contribution in [2.24, 2.45) is 5.92 Å². The third kappa shape index (κ3) is 7.73. The number of nitrogens with zero attached hydrogens (tertiary/aromatic N) is 2. The van der Waals surface area contributed by atoms with E-state index in [2.05, 4.69) is 21.2 Å². The Hall–Kier alpha value is -3.17. The van der Waals surface area contributed by atoms with E-state index in [1.165, 1.54) is 0 Å². The smallest absolute Gasteiger partial charge is 0.410 e. The highest BCUT2D eigenvalue weighted by Crippen LogP contribution is 2.34. The number of halogens is 1. The van der Waals surface area contributed by atoms with E-state index in [9.17, 15) is 19.5 Å². The van der Waals surface area contributed by atoms with Gasteiger partial charge in [0.2, 0.25) is 5.91 Å². The van der Waals surface area contributed by atoms with Crippen LogP contribution in [0.2, 0.25) is 0 Å². The zero-order valence-electron chi connectivity index (χ0n) is 23.4. The summed E-state index contributed by atoms with van der Waals surface area (Å²) < 4.78 is 6.40. The maximum atomic E-state index is 13.7. The molecule has 2 saturated heterocycles. The normalized spacial score (nSPS) is 18.3. The van der Waals surface area contributed by atoms with E-state index in [-0.39, 0.29) is 29.5 Å². The first kappa shape index (κ1) is 29.8. The minimum absolute atomic E-state index is 0.208. The Morgan fingerprint density at radius 2 is 1.55 bits per heavy atom. The number of hydrogen-bond acceptors (Lipinski definition) is 5. The number of benzene rings is 2. The van der Waals surface area contributed by atoms with Crippen LogP contribution in [0.1, 0.15) is 57.6 Å². The summed E-state index contributed by atoms with van der Waals surface area (Å²) in [6.07, 6.45) is 3.10. The van der Waals surface area contributed by atoms with Crippen molar-refractivity contribution in [2.75, 3.05) is 26.2 Å². The van der Waals surface area contributed by atoms with Crippen molar-refractivity contribution < 1.29 is 24.2 Å². The van der Waals surface area contributed by atoms with E-state index < -0.39 is 11.2 Å². The molecule has 2 heterocycles. The molecule has 0 bridgehead atoms. The molecule has 2 aromatic carbocycles. The molecule has 0 spiro atoms. The largest absolute Gasteiger partial charge is 0.444 e. The molecule has 2 aliphatic rings. The van der Waals surface area contributed by atoms with Crippen molar-refractivity contribution >= 4 is 39.9 Å². The van der Waals surface area contributed by atoms with Crippen LogP contribution in [0.15, 0.2) is 64.8 Å². The number of rotatable bonds is 5. The number of ether oxygens (including phenoxy) is 1. The number of nitrogens with one attached hydrogen (secondary N) is 1. The Balaban J connectivity index is 1.42. The van der Waals surface area contributed by atoms with Crippen LogP contribution in [0.5, 0.6) is 0 Å². The van der Waals surface area contributed by atoms with Gasteiger partial charge in [0.1, 0.15) is 11.3 Å². The first-order chi connectivity index (χ1) is 18.9. The molecule has 8 nitrogen and oxygen atoms in total. The topological polar surface area (TPSA) is 99.2 Å². The van der Waals surface area contributed by atoms with Crippen LogP contribution >= 0.6 is 15.9 Å². The highest BCUT2D eigenvalue weighted by Gasteiger charge is 2.37. The summed E-state index contributed by atoms with van der Waals surface area (Å²) in [6.45, 7) is 7.04. The Kier molecular flexibility index (Phi) is 9.36. The zero-order valence-corrected chi connectivity index (χ0v) is 24.9. The fraction of sp³-hybridized carbons (Fsp3) is 0.452. The van der Waals surface area contributed by atoms with Crippen LogP contribution in [0.4, 0.5) is 4.79 Å². The van der Waals surface area contributed by atoms with Gasteiger partial charge in [-0.2, -0.15) is 0 Å². The summed E-state index contributed by atoms with van der Waals surface area (Å²) in [4.78, 5) is 42.7. The Morgan fingerprint density at radius 1 is 0.950 bits per heavy atom. The van der Waals surface area contributed by atoms with Gasteiger partial charge in [-0.15, -0.1) is 0 Å². The standard InChI is InChI=1S/C31H38BrN3O5/c1-30(2,3)40-29(38)35-17-13-23(14-18-35)27(36)33-26(21-22-7-5-4-6-8-22)28(37)34-19-15-31(39,16-20-34)24-9-11-25(32)12-10-24/h4-12,21,23,39H,13-20H2,1-3H3,(H,33,36)/b26-21-. The summed E-state index contributed by atoms with van der Waals surface area (Å²) >= 11 is 3.43. The van der Waals surface area contributed by atoms with Crippen molar-refractivity contribution in [3.05, 3.63) is 75.9 Å². The predicted molar refractivity (Wildman–Crippen MR) is 157 cm³/mol. The van der Waals surface area contributed by atoms with E-state index in [0.29, 0.717) is 51.9 Å². The SMILES string of the molecule is CC(C)(C)OC(=O)N1CCC(C(=O)N/C(=C\c2ccccc2)C(=O)N2CCC(O)(c3ccc(Br)cc3)CC2)CC1. The monoisotopic (exact) mass is 611 g/mol. The summed E-state index contributed by atoms with van der Waals surface area (Å²) in [5.74, 6) is -0.835. The van der Waals surface area contributed by atoms with Crippen LogP contribution in [0.3, 0.4) is 0 Å². The summed E-state index contributed by atoms with van der Waals surface area (Å²) in [5.41, 5.74) is 0.250. The molecule has 2 N–H and O–H groups in total. The molecule has 2 aliphatic heterocycles. The van der Waals surface area contributed by atoms with Crippen molar-refractivity contribution in [1.82, 2.24) is 15.1 Å². The summed E-state index contributed by atoms with van der Waals surface area (Å²) in [5, 5.41) is 14.2. The van der Waals surface area contributed by atoms with Crippen molar-refractivity contribution in [2.45, 2.75) is 57.7 Å². The Labute approximate surface area is 244 Å². The second kappa shape index (κ2) is 12.6. The van der Waals surface area contributed by atoms with E-state index >= 15 is 0 Å². The van der Waals surface area contributed by atoms with Crippen molar-refractivity contribution in [3.8, 4) is 0 Å². The van der Waals surface area contributed by atoms with Gasteiger partial charge in [-0.3, -0.25) is 9.59 Å². The van der Waals surface area contributed by atoms with Crippen LogP contribution in [0.25, 0.3) is 6.08 Å². The second-order valence-electron chi connectivity index (χ2n) is 11.5. The average Bonchev–Trinajstić information content (AvgIpc) is 2.93. The molecular formula is C31H38BrN3O5. The molecule has 214 valence electrons. The quantitative estimate of drug-likeness (QED) is 0.460. The number of hydrogen-bond donors (Lipinski definition) is 2. The van der Waals surface area contributed by atoms with Crippen LogP contribution in [-0.4, -0.2) is 64.6 Å². The molecule has 9 heteroatoms. The van der Waals surface area contributed by atoms with E-state index in [4.69, 9.17) is 4.74 Å². The molecule has 0 saturated carbocycles. The minimum atomic E-state index is -1.01. The molecule has 40 heavy (non-hydrogen) atoms. The summed E-state index contributed by atoms with van der Waals surface area (Å²) in [7, 11) is 0. The third-order valence-electron chi connectivity index (χ3n) is 7.38. The summed E-state index contributed by atoms with van der Waals surface area (Å²) in [6, 6.07) is 17.0. The van der Waals surface area contributed by atoms with E-state index in [1.54, 1.807) is 15.9 Å². The van der Waals surface area contributed by atoms with Crippen molar-refractivity contribution in [1.29, 1.82) is 0 Å². The maximum absolute atomic E-state index is 13.7. The van der Waals surface area contributed by atoms with Crippen LogP contribution < -0.4 is 5.32 Å². The molecule has 0 atom stereocenters. The Bertz CT molecular complexity index is 1220. The first-order valence-electron chi connectivity index (χ1n) is 13.8. The van der Waals surface area contributed by atoms with Gasteiger partial charge in [0.25, 0.3) is 5.91 Å². The molecule has 0 aromatic heterocycles. The average molecular weight is 613 g/mol. The molecule has 2 fully saturated rings. The molecule has 3 amide bonds. The van der Waals surface area contributed by atoms with Gasteiger partial charge < -0.3 is 25.0 Å². The molecule has 4 rings (SSSR count). The lowest BCUT2D eigenvalue weighted by molar-refractivity contribution is -0.134. The van der Waals surface area contributed by atoms with E-state index in [0.717, 1.165) is 15.6 Å². The van der Waals surface area contributed by atoms with Crippen molar-refractivity contribution in [3.63, 3.8) is 0 Å². The highest BCUT2D eigenvalue weighted by molar-refractivity contribution is 9.10. The Morgan fingerprint density at radius 3 is 2.12 bits per heavy atom. The second-order valence-corrected chi connectivity index (χ2v) is 12.4. The fourth-order valence-corrected chi connectivity index (χ4v) is 5.32. The molecular weight excluding hydrogens is 574 g/mol.